The van der Waals surface area contributed by atoms with Crippen molar-refractivity contribution in [2.45, 2.75) is 38.5 Å². The minimum atomic E-state index is 0.0973. The molecule has 6 heteroatoms. The third kappa shape index (κ3) is 3.16. The van der Waals surface area contributed by atoms with Crippen molar-refractivity contribution < 1.29 is 4.79 Å². The van der Waals surface area contributed by atoms with E-state index in [1.165, 1.54) is 5.70 Å². The molecule has 0 saturated carbocycles. The Kier molecular flexibility index (Phi) is 4.49. The fourth-order valence-corrected chi connectivity index (χ4v) is 4.76. The van der Waals surface area contributed by atoms with Crippen LogP contribution in [0, 0.1) is 0 Å². The first-order chi connectivity index (χ1) is 14.1. The highest BCUT2D eigenvalue weighted by molar-refractivity contribution is 5.94. The lowest BCUT2D eigenvalue weighted by Gasteiger charge is -2.34. The Morgan fingerprint density at radius 2 is 1.90 bits per heavy atom. The molecule has 0 radical (unpaired) electrons. The van der Waals surface area contributed by atoms with Gasteiger partial charge in [0.05, 0.1) is 5.56 Å². The number of nitrogens with zero attached hydrogens (tertiary/aromatic N) is 4. The van der Waals surface area contributed by atoms with Gasteiger partial charge in [0.15, 0.2) is 0 Å². The average molecular weight is 390 g/mol. The molecule has 0 unspecified atom stereocenters. The molecule has 150 valence electrons. The molecular weight excluding hydrogens is 364 g/mol. The maximum absolute atomic E-state index is 12.7. The molecule has 1 saturated heterocycles. The van der Waals surface area contributed by atoms with E-state index in [0.717, 1.165) is 80.7 Å². The number of aryl methyl sites for hydroxylation is 2. The van der Waals surface area contributed by atoms with Gasteiger partial charge in [0.25, 0.3) is 11.5 Å². The summed E-state index contributed by atoms with van der Waals surface area (Å²) in [6, 6.07) is 4.06. The van der Waals surface area contributed by atoms with Crippen molar-refractivity contribution in [1.29, 1.82) is 0 Å². The Morgan fingerprint density at radius 3 is 2.72 bits per heavy atom. The Bertz CT molecular complexity index is 1060. The van der Waals surface area contributed by atoms with Crippen molar-refractivity contribution in [1.82, 2.24) is 14.5 Å². The molecule has 0 N–H and O–H groups in total. The van der Waals surface area contributed by atoms with Crippen LogP contribution in [0.3, 0.4) is 0 Å². The van der Waals surface area contributed by atoms with Gasteiger partial charge in [-0.3, -0.25) is 9.59 Å². The van der Waals surface area contributed by atoms with Crippen LogP contribution in [0.4, 0.5) is 5.82 Å². The molecule has 0 atom stereocenters. The number of fused-ring (bicyclic) bond motifs is 2. The van der Waals surface area contributed by atoms with Crippen molar-refractivity contribution in [2.75, 3.05) is 24.5 Å². The molecule has 4 heterocycles. The van der Waals surface area contributed by atoms with E-state index in [4.69, 9.17) is 4.98 Å². The number of likely N-dealkylation sites (tertiary alicyclic amines) is 1. The van der Waals surface area contributed by atoms with Crippen LogP contribution in [0.2, 0.25) is 0 Å². The first-order valence-corrected chi connectivity index (χ1v) is 10.6. The Labute approximate surface area is 170 Å². The smallest absolute Gasteiger partial charge is 0.255 e. The van der Waals surface area contributed by atoms with Gasteiger partial charge in [-0.1, -0.05) is 0 Å². The molecule has 0 aromatic carbocycles. The van der Waals surface area contributed by atoms with Crippen LogP contribution in [-0.2, 0) is 19.9 Å². The quantitative estimate of drug-likeness (QED) is 0.791. The number of amides is 1. The fraction of sp³-hybridized carbons (Fsp3) is 0.435. The Balaban J connectivity index is 1.46. The summed E-state index contributed by atoms with van der Waals surface area (Å²) >= 11 is 0. The van der Waals surface area contributed by atoms with E-state index in [-0.39, 0.29) is 11.5 Å². The van der Waals surface area contributed by atoms with E-state index < -0.39 is 0 Å². The predicted molar refractivity (Wildman–Crippen MR) is 113 cm³/mol. The topological polar surface area (TPSA) is 58.4 Å². The van der Waals surface area contributed by atoms with Gasteiger partial charge < -0.3 is 14.4 Å². The molecule has 3 aliphatic rings. The lowest BCUT2D eigenvalue weighted by atomic mass is 9.94. The molecule has 2 aromatic heterocycles. The van der Waals surface area contributed by atoms with Crippen molar-refractivity contribution >= 4 is 17.8 Å². The van der Waals surface area contributed by atoms with Crippen molar-refractivity contribution in [2.24, 2.45) is 7.05 Å². The van der Waals surface area contributed by atoms with Crippen molar-refractivity contribution in [3.63, 3.8) is 0 Å². The number of anilines is 1. The number of carbonyl (C=O) groups excluding carboxylic acids is 1. The predicted octanol–water partition coefficient (Wildman–Crippen LogP) is 2.76. The van der Waals surface area contributed by atoms with Gasteiger partial charge in [0, 0.05) is 50.3 Å². The minimum absolute atomic E-state index is 0.0973. The van der Waals surface area contributed by atoms with Gasteiger partial charge in [0.2, 0.25) is 0 Å². The molecule has 29 heavy (non-hydrogen) atoms. The molecular formula is C23H26N4O2. The highest BCUT2D eigenvalue weighted by Crippen LogP contribution is 2.33. The molecule has 2 aromatic rings. The summed E-state index contributed by atoms with van der Waals surface area (Å²) in [5, 5.41) is 0. The highest BCUT2D eigenvalue weighted by atomic mass is 16.2. The molecule has 5 rings (SSSR count). The summed E-state index contributed by atoms with van der Waals surface area (Å²) < 4.78 is 1.65. The van der Waals surface area contributed by atoms with Gasteiger partial charge in [-0.2, -0.15) is 0 Å². The number of rotatable bonds is 2. The van der Waals surface area contributed by atoms with Crippen LogP contribution in [-0.4, -0.2) is 40.0 Å². The van der Waals surface area contributed by atoms with E-state index in [1.54, 1.807) is 17.8 Å². The third-order valence-corrected chi connectivity index (χ3v) is 6.37. The SMILES string of the molecule is Cn1ccc2c(c1=O)CCC(N1CCCc3cc(C(=O)N4CCCC4)cnc31)=C2. The largest absolute Gasteiger partial charge is 0.339 e. The average Bonchev–Trinajstić information content (AvgIpc) is 3.30. The normalized spacial score (nSPS) is 18.3. The number of hydrogen-bond donors (Lipinski definition) is 0. The van der Waals surface area contributed by atoms with Crippen LogP contribution < -0.4 is 10.5 Å². The van der Waals surface area contributed by atoms with Crippen LogP contribution in [0.1, 0.15) is 52.7 Å². The molecule has 0 spiro atoms. The first kappa shape index (κ1) is 18.2. The lowest BCUT2D eigenvalue weighted by Crippen LogP contribution is -2.33. The summed E-state index contributed by atoms with van der Waals surface area (Å²) in [5.74, 6) is 1.07. The van der Waals surface area contributed by atoms with Gasteiger partial charge in [-0.25, -0.2) is 4.98 Å². The number of pyridine rings is 2. The monoisotopic (exact) mass is 390 g/mol. The number of hydrogen-bond acceptors (Lipinski definition) is 4. The summed E-state index contributed by atoms with van der Waals surface area (Å²) in [6.07, 6.45) is 11.5. The molecule has 2 aliphatic heterocycles. The van der Waals surface area contributed by atoms with E-state index in [9.17, 15) is 9.59 Å². The molecule has 1 fully saturated rings. The molecule has 6 nitrogen and oxygen atoms in total. The second-order valence-electron chi connectivity index (χ2n) is 8.26. The number of carbonyl (C=O) groups is 1. The number of allylic oxidation sites excluding steroid dienone is 1. The molecule has 1 aliphatic carbocycles. The summed E-state index contributed by atoms with van der Waals surface area (Å²) in [7, 11) is 1.80. The second-order valence-corrected chi connectivity index (χ2v) is 8.26. The zero-order valence-corrected chi connectivity index (χ0v) is 16.9. The second kappa shape index (κ2) is 7.17. The lowest BCUT2D eigenvalue weighted by molar-refractivity contribution is 0.0792. The third-order valence-electron chi connectivity index (χ3n) is 6.37. The Hall–Kier alpha value is -2.89. The van der Waals surface area contributed by atoms with Gasteiger partial charge in [-0.15, -0.1) is 0 Å². The maximum Gasteiger partial charge on any atom is 0.255 e. The van der Waals surface area contributed by atoms with Crippen LogP contribution in [0.15, 0.2) is 35.0 Å². The highest BCUT2D eigenvalue weighted by Gasteiger charge is 2.26. The van der Waals surface area contributed by atoms with Crippen molar-refractivity contribution in [3.8, 4) is 0 Å². The molecule has 0 bridgehead atoms. The first-order valence-electron chi connectivity index (χ1n) is 10.6. The van der Waals surface area contributed by atoms with Crippen molar-refractivity contribution in [3.05, 3.63) is 62.8 Å². The van der Waals surface area contributed by atoms with Crippen LogP contribution >= 0.6 is 0 Å². The van der Waals surface area contributed by atoms with E-state index in [0.29, 0.717) is 5.56 Å². The zero-order chi connectivity index (χ0) is 20.0. The van der Waals surface area contributed by atoms with Crippen LogP contribution in [0.25, 0.3) is 6.08 Å². The fourth-order valence-electron chi connectivity index (χ4n) is 4.76. The standard InChI is InChI=1S/C23H26N4O2/c1-25-12-8-16-14-19(6-7-20(16)23(25)29)27-11-4-5-17-13-18(15-24-21(17)27)22(28)26-9-2-3-10-26/h8,12-15H,2-7,9-11H2,1H3. The zero-order valence-electron chi connectivity index (χ0n) is 16.9. The van der Waals surface area contributed by atoms with E-state index in [1.807, 2.05) is 23.2 Å². The summed E-state index contributed by atoms with van der Waals surface area (Å²) in [5.41, 5.74) is 5.08. The maximum atomic E-state index is 12.7. The summed E-state index contributed by atoms with van der Waals surface area (Å²) in [6.45, 7) is 2.63. The van der Waals surface area contributed by atoms with Gasteiger partial charge in [-0.05, 0) is 67.9 Å². The Morgan fingerprint density at radius 1 is 1.07 bits per heavy atom. The summed E-state index contributed by atoms with van der Waals surface area (Å²) in [4.78, 5) is 34.1. The molecule has 1 amide bonds. The van der Waals surface area contributed by atoms with E-state index in [2.05, 4.69) is 11.0 Å². The minimum Gasteiger partial charge on any atom is -0.339 e. The number of aromatic nitrogens is 2. The van der Waals surface area contributed by atoms with E-state index >= 15 is 0 Å². The van der Waals surface area contributed by atoms with Gasteiger partial charge in [0.1, 0.15) is 5.82 Å². The van der Waals surface area contributed by atoms with Gasteiger partial charge >= 0.3 is 0 Å². The van der Waals surface area contributed by atoms with Crippen LogP contribution in [0.5, 0.6) is 0 Å².